The molecule has 4 heterocycles. The fourth-order valence-corrected chi connectivity index (χ4v) is 5.48. The summed E-state index contributed by atoms with van der Waals surface area (Å²) in [5.74, 6) is 0.569. The lowest BCUT2D eigenvalue weighted by Gasteiger charge is -2.37. The molecule has 0 spiro atoms. The van der Waals surface area contributed by atoms with Crippen molar-refractivity contribution in [1.82, 2.24) is 14.5 Å². The number of alkyl halides is 3. The number of ether oxygens (including phenoxy) is 2. The molecule has 5 rings (SSSR count). The van der Waals surface area contributed by atoms with Crippen molar-refractivity contribution in [2.75, 3.05) is 32.2 Å². The van der Waals surface area contributed by atoms with Crippen molar-refractivity contribution in [2.45, 2.75) is 64.1 Å². The van der Waals surface area contributed by atoms with E-state index in [0.29, 0.717) is 62.7 Å². The van der Waals surface area contributed by atoms with Gasteiger partial charge in [0.2, 0.25) is 5.95 Å². The van der Waals surface area contributed by atoms with Crippen molar-refractivity contribution in [3.8, 4) is 0 Å². The molecule has 0 saturated carbocycles. The minimum Gasteiger partial charge on any atom is -0.381 e. The van der Waals surface area contributed by atoms with E-state index in [0.717, 1.165) is 23.9 Å². The highest BCUT2D eigenvalue weighted by Gasteiger charge is 2.45. The molecular formula is C25H30F3N5O3. The summed E-state index contributed by atoms with van der Waals surface area (Å²) in [6.07, 6.45) is -3.46. The van der Waals surface area contributed by atoms with Gasteiger partial charge in [-0.25, -0.2) is 0 Å². The topological polar surface area (TPSA) is 81.0 Å². The Morgan fingerprint density at radius 1 is 1.28 bits per heavy atom. The molecule has 1 N–H and O–H groups in total. The maximum absolute atomic E-state index is 13.6. The van der Waals surface area contributed by atoms with Crippen LogP contribution in [-0.2, 0) is 40.1 Å². The number of hydrogen-bond donors (Lipinski definition) is 1. The van der Waals surface area contributed by atoms with E-state index in [1.165, 1.54) is 13.0 Å². The lowest BCUT2D eigenvalue weighted by Crippen LogP contribution is -2.52. The Hall–Kier alpha value is -2.92. The van der Waals surface area contributed by atoms with E-state index in [1.54, 1.807) is 25.0 Å². The van der Waals surface area contributed by atoms with Crippen LogP contribution in [0.5, 0.6) is 0 Å². The van der Waals surface area contributed by atoms with Crippen molar-refractivity contribution in [3.05, 3.63) is 51.6 Å². The molecule has 1 unspecified atom stereocenters. The van der Waals surface area contributed by atoms with Gasteiger partial charge in [-0.2, -0.15) is 18.2 Å². The molecule has 1 saturated heterocycles. The van der Waals surface area contributed by atoms with Gasteiger partial charge in [0.1, 0.15) is 0 Å². The second-order valence-electron chi connectivity index (χ2n) is 9.56. The predicted molar refractivity (Wildman–Crippen MR) is 125 cm³/mol. The molecule has 0 bridgehead atoms. The highest BCUT2D eigenvalue weighted by Crippen LogP contribution is 2.36. The fraction of sp³-hybridized carbons (Fsp3) is 0.560. The summed E-state index contributed by atoms with van der Waals surface area (Å²) in [6, 6.07) is 3.61. The largest absolute Gasteiger partial charge is 0.416 e. The van der Waals surface area contributed by atoms with E-state index in [-0.39, 0.29) is 11.5 Å². The quantitative estimate of drug-likeness (QED) is 0.690. The summed E-state index contributed by atoms with van der Waals surface area (Å²) < 4.78 is 53.7. The number of carbonyl (C=O) groups is 1. The molecule has 36 heavy (non-hydrogen) atoms. The van der Waals surface area contributed by atoms with Gasteiger partial charge in [0.15, 0.2) is 11.1 Å². The monoisotopic (exact) mass is 505 g/mol. The standard InChI is InChI=1S/C25H30F3N5O3/c1-15-17(5-4-6-19(15)25(26,27)28)16(2)30-21-18-13-32(14-20(18)33-10-9-29-23(33)31-21)22(34)24(35-3)7-11-36-12-8-24/h4-6,16H,7-14H2,1-3H3,(H,29,30,31). The number of fused-ring (bicyclic) bond motifs is 3. The highest BCUT2D eigenvalue weighted by molar-refractivity contribution is 5.86. The molecule has 1 atom stereocenters. The zero-order valence-corrected chi connectivity index (χ0v) is 20.6. The van der Waals surface area contributed by atoms with Gasteiger partial charge in [-0.1, -0.05) is 12.1 Å². The van der Waals surface area contributed by atoms with Crippen molar-refractivity contribution in [1.29, 1.82) is 0 Å². The Morgan fingerprint density at radius 3 is 2.72 bits per heavy atom. The van der Waals surface area contributed by atoms with Gasteiger partial charge in [-0.15, -0.1) is 0 Å². The van der Waals surface area contributed by atoms with E-state index in [4.69, 9.17) is 19.5 Å². The first-order valence-corrected chi connectivity index (χ1v) is 12.1. The second-order valence-corrected chi connectivity index (χ2v) is 9.56. The Kier molecular flexibility index (Phi) is 6.32. The number of hydrogen-bond acceptors (Lipinski definition) is 6. The van der Waals surface area contributed by atoms with Gasteiger partial charge in [0.05, 0.1) is 24.7 Å². The van der Waals surface area contributed by atoms with E-state index < -0.39 is 23.4 Å². The number of benzene rings is 1. The van der Waals surface area contributed by atoms with Crippen molar-refractivity contribution >= 4 is 11.9 Å². The van der Waals surface area contributed by atoms with E-state index in [9.17, 15) is 18.0 Å². The number of halogens is 3. The first-order valence-electron chi connectivity index (χ1n) is 12.1. The Balaban J connectivity index is 1.53. The minimum atomic E-state index is -4.43. The van der Waals surface area contributed by atoms with Crippen LogP contribution in [0.1, 0.15) is 53.8 Å². The first-order chi connectivity index (χ1) is 17.1. The smallest absolute Gasteiger partial charge is 0.381 e. The maximum atomic E-state index is 13.6. The molecule has 1 aromatic heterocycles. The average Bonchev–Trinajstić information content (AvgIpc) is 3.50. The number of rotatable bonds is 4. The lowest BCUT2D eigenvalue weighted by atomic mass is 9.92. The normalized spacial score (nSPS) is 20.2. The third kappa shape index (κ3) is 4.17. The van der Waals surface area contributed by atoms with Crippen LogP contribution in [0, 0.1) is 6.92 Å². The van der Waals surface area contributed by atoms with Crippen LogP contribution in [-0.4, -0.2) is 52.8 Å². The van der Waals surface area contributed by atoms with Crippen LogP contribution >= 0.6 is 0 Å². The molecule has 0 radical (unpaired) electrons. The summed E-state index contributed by atoms with van der Waals surface area (Å²) in [4.78, 5) is 24.9. The van der Waals surface area contributed by atoms with Gasteiger partial charge in [0.25, 0.3) is 5.91 Å². The number of nitrogens with zero attached hydrogens (tertiary/aromatic N) is 4. The van der Waals surface area contributed by atoms with Crippen LogP contribution in [0.15, 0.2) is 23.2 Å². The maximum Gasteiger partial charge on any atom is 0.416 e. The van der Waals surface area contributed by atoms with Gasteiger partial charge in [0, 0.05) is 57.5 Å². The summed E-state index contributed by atoms with van der Waals surface area (Å²) in [5, 5.41) is 3.25. The van der Waals surface area contributed by atoms with Gasteiger partial charge in [-0.3, -0.25) is 9.79 Å². The minimum absolute atomic E-state index is 0.0856. The Bertz CT molecular complexity index is 1250. The summed E-state index contributed by atoms with van der Waals surface area (Å²) in [5.41, 5.74) is 1.29. The van der Waals surface area contributed by atoms with E-state index in [2.05, 4.69) is 9.88 Å². The van der Waals surface area contributed by atoms with Crippen LogP contribution in [0.4, 0.5) is 19.1 Å². The van der Waals surface area contributed by atoms with E-state index in [1.807, 2.05) is 0 Å². The fourth-order valence-electron chi connectivity index (χ4n) is 5.48. The molecule has 194 valence electrons. The van der Waals surface area contributed by atoms with Gasteiger partial charge >= 0.3 is 6.18 Å². The third-order valence-corrected chi connectivity index (χ3v) is 7.53. The van der Waals surface area contributed by atoms with Crippen LogP contribution < -0.4 is 10.8 Å². The van der Waals surface area contributed by atoms with Crippen LogP contribution in [0.3, 0.4) is 0 Å². The zero-order chi connectivity index (χ0) is 25.7. The van der Waals surface area contributed by atoms with Gasteiger partial charge < -0.3 is 24.3 Å². The molecule has 1 amide bonds. The average molecular weight is 506 g/mol. The van der Waals surface area contributed by atoms with E-state index >= 15 is 0 Å². The summed E-state index contributed by atoms with van der Waals surface area (Å²) >= 11 is 0. The number of amides is 1. The highest BCUT2D eigenvalue weighted by atomic mass is 19.4. The number of anilines is 1. The van der Waals surface area contributed by atoms with Crippen molar-refractivity contribution in [2.24, 2.45) is 4.99 Å². The molecule has 3 aliphatic heterocycles. The molecule has 8 nitrogen and oxygen atoms in total. The Morgan fingerprint density at radius 2 is 2.03 bits per heavy atom. The number of nitrogens with one attached hydrogen (secondary N) is 1. The summed E-state index contributed by atoms with van der Waals surface area (Å²) in [6.45, 7) is 6.31. The van der Waals surface area contributed by atoms with Gasteiger partial charge in [-0.05, 0) is 31.0 Å². The van der Waals surface area contributed by atoms with Crippen LogP contribution in [0.2, 0.25) is 0 Å². The van der Waals surface area contributed by atoms with Crippen molar-refractivity contribution < 1.29 is 27.4 Å². The number of aromatic nitrogens is 2. The molecular weight excluding hydrogens is 475 g/mol. The summed E-state index contributed by atoms with van der Waals surface area (Å²) in [7, 11) is 1.56. The molecule has 0 aliphatic carbocycles. The van der Waals surface area contributed by atoms with Crippen molar-refractivity contribution in [3.63, 3.8) is 0 Å². The molecule has 1 aromatic carbocycles. The Labute approximate surface area is 207 Å². The molecule has 3 aliphatic rings. The number of carbonyl (C=O) groups excluding carboxylic acids is 1. The first kappa shape index (κ1) is 24.8. The molecule has 2 aromatic rings. The predicted octanol–water partition coefficient (Wildman–Crippen LogP) is 3.34. The third-order valence-electron chi connectivity index (χ3n) is 7.53. The SMILES string of the molecule is COC1(C(=O)N2Cc3c(n4c(nc3=NC(C)c3cccc(C(F)(F)F)c3C)NCC4)C2)CCOCC1. The second kappa shape index (κ2) is 9.19. The number of methoxy groups -OCH3 is 1. The molecule has 11 heteroatoms. The molecule has 1 fully saturated rings. The lowest BCUT2D eigenvalue weighted by molar-refractivity contribution is -0.167. The van der Waals surface area contributed by atoms with Crippen LogP contribution in [0.25, 0.3) is 0 Å². The zero-order valence-electron chi connectivity index (χ0n) is 20.6.